The Morgan fingerprint density at radius 2 is 2.00 bits per heavy atom. The van der Waals surface area contributed by atoms with E-state index in [2.05, 4.69) is 22.2 Å². The van der Waals surface area contributed by atoms with Crippen LogP contribution in [0.1, 0.15) is 37.4 Å². The third-order valence-electron chi connectivity index (χ3n) is 4.09. The molecule has 0 bridgehead atoms. The standard InChI is InChI=1S/C15H28N4O/c1-12(11-19-8-6-5-7-9-19)16-10-14-13(2)17-18(3)15(14)20-4/h12,16H,5-11H2,1-4H3. The van der Waals surface area contributed by atoms with Crippen LogP contribution in [0.3, 0.4) is 0 Å². The SMILES string of the molecule is COc1c(CNC(C)CN2CCCCC2)c(C)nn1C. The van der Waals surface area contributed by atoms with Crippen LogP contribution in [-0.4, -0.2) is 47.5 Å². The van der Waals surface area contributed by atoms with Crippen molar-refractivity contribution in [2.45, 2.75) is 45.7 Å². The summed E-state index contributed by atoms with van der Waals surface area (Å²) in [6, 6.07) is 0.484. The molecule has 1 saturated heterocycles. The van der Waals surface area contributed by atoms with Crippen LogP contribution in [0.5, 0.6) is 5.88 Å². The van der Waals surface area contributed by atoms with E-state index in [-0.39, 0.29) is 0 Å². The smallest absolute Gasteiger partial charge is 0.216 e. The zero-order valence-corrected chi connectivity index (χ0v) is 13.3. The first-order valence-electron chi connectivity index (χ1n) is 7.64. The van der Waals surface area contributed by atoms with Crippen molar-refractivity contribution in [3.63, 3.8) is 0 Å². The second-order valence-corrected chi connectivity index (χ2v) is 5.84. The molecule has 1 fully saturated rings. The van der Waals surface area contributed by atoms with Crippen LogP contribution in [0.25, 0.3) is 0 Å². The molecule has 0 amide bonds. The van der Waals surface area contributed by atoms with Gasteiger partial charge in [-0.25, -0.2) is 4.68 Å². The minimum absolute atomic E-state index is 0.484. The number of methoxy groups -OCH3 is 1. The summed E-state index contributed by atoms with van der Waals surface area (Å²) in [4.78, 5) is 2.56. The first kappa shape index (κ1) is 15.3. The summed E-state index contributed by atoms with van der Waals surface area (Å²) in [5.41, 5.74) is 2.21. The molecular weight excluding hydrogens is 252 g/mol. The lowest BCUT2D eigenvalue weighted by Crippen LogP contribution is -2.41. The van der Waals surface area contributed by atoms with E-state index in [1.807, 2.05) is 18.7 Å². The molecule has 1 aliphatic heterocycles. The highest BCUT2D eigenvalue weighted by molar-refractivity contribution is 5.30. The number of aryl methyl sites for hydroxylation is 2. The Bertz CT molecular complexity index is 424. The second-order valence-electron chi connectivity index (χ2n) is 5.84. The normalized spacial score (nSPS) is 18.2. The summed E-state index contributed by atoms with van der Waals surface area (Å²) in [6.07, 6.45) is 4.09. The monoisotopic (exact) mass is 280 g/mol. The number of ether oxygens (including phenoxy) is 1. The third-order valence-corrected chi connectivity index (χ3v) is 4.09. The average molecular weight is 280 g/mol. The van der Waals surface area contributed by atoms with E-state index < -0.39 is 0 Å². The Morgan fingerprint density at radius 3 is 2.65 bits per heavy atom. The maximum atomic E-state index is 5.43. The lowest BCUT2D eigenvalue weighted by molar-refractivity contribution is 0.208. The fourth-order valence-electron chi connectivity index (χ4n) is 3.01. The molecule has 0 aliphatic carbocycles. The molecule has 1 atom stereocenters. The Hall–Kier alpha value is -1.07. The van der Waals surface area contributed by atoms with Gasteiger partial charge in [0.25, 0.3) is 0 Å². The highest BCUT2D eigenvalue weighted by atomic mass is 16.5. The largest absolute Gasteiger partial charge is 0.481 e. The van der Waals surface area contributed by atoms with Gasteiger partial charge >= 0.3 is 0 Å². The molecule has 2 rings (SSSR count). The maximum absolute atomic E-state index is 5.43. The van der Waals surface area contributed by atoms with Crippen LogP contribution in [-0.2, 0) is 13.6 Å². The number of likely N-dealkylation sites (tertiary alicyclic amines) is 1. The van der Waals surface area contributed by atoms with Crippen LogP contribution >= 0.6 is 0 Å². The van der Waals surface area contributed by atoms with Gasteiger partial charge < -0.3 is 15.0 Å². The number of hydrogen-bond acceptors (Lipinski definition) is 4. The predicted molar refractivity (Wildman–Crippen MR) is 81.1 cm³/mol. The second kappa shape index (κ2) is 7.09. The fraction of sp³-hybridized carbons (Fsp3) is 0.800. The average Bonchev–Trinajstić information content (AvgIpc) is 2.71. The zero-order valence-electron chi connectivity index (χ0n) is 13.3. The molecule has 1 aromatic rings. The number of rotatable bonds is 6. The lowest BCUT2D eigenvalue weighted by Gasteiger charge is -2.29. The van der Waals surface area contributed by atoms with Crippen molar-refractivity contribution >= 4 is 0 Å². The molecule has 2 heterocycles. The quantitative estimate of drug-likeness (QED) is 0.861. The minimum Gasteiger partial charge on any atom is -0.481 e. The van der Waals surface area contributed by atoms with Gasteiger partial charge in [-0.05, 0) is 39.8 Å². The van der Waals surface area contributed by atoms with Crippen molar-refractivity contribution in [3.8, 4) is 5.88 Å². The highest BCUT2D eigenvalue weighted by Crippen LogP contribution is 2.20. The molecule has 0 radical (unpaired) electrons. The summed E-state index contributed by atoms with van der Waals surface area (Å²) < 4.78 is 7.24. The van der Waals surface area contributed by atoms with Crippen LogP contribution in [0.15, 0.2) is 0 Å². The van der Waals surface area contributed by atoms with Gasteiger partial charge in [-0.15, -0.1) is 0 Å². The third kappa shape index (κ3) is 3.73. The van der Waals surface area contributed by atoms with Gasteiger partial charge in [0.1, 0.15) is 0 Å². The first-order valence-corrected chi connectivity index (χ1v) is 7.64. The number of aromatic nitrogens is 2. The summed E-state index contributed by atoms with van der Waals surface area (Å²) in [5.74, 6) is 0.861. The highest BCUT2D eigenvalue weighted by Gasteiger charge is 2.16. The minimum atomic E-state index is 0.484. The van der Waals surface area contributed by atoms with E-state index in [1.54, 1.807) is 7.11 Å². The zero-order chi connectivity index (χ0) is 14.5. The summed E-state index contributed by atoms with van der Waals surface area (Å²) >= 11 is 0. The molecular formula is C15H28N4O. The molecule has 1 unspecified atom stereocenters. The van der Waals surface area contributed by atoms with Crippen LogP contribution in [0.2, 0.25) is 0 Å². The van der Waals surface area contributed by atoms with Crippen molar-refractivity contribution in [1.29, 1.82) is 0 Å². The number of piperidine rings is 1. The van der Waals surface area contributed by atoms with Gasteiger partial charge in [0, 0.05) is 26.2 Å². The molecule has 114 valence electrons. The molecule has 1 aliphatic rings. The number of hydrogen-bond donors (Lipinski definition) is 1. The molecule has 0 spiro atoms. The Balaban J connectivity index is 1.85. The Morgan fingerprint density at radius 1 is 1.30 bits per heavy atom. The number of nitrogens with zero attached hydrogens (tertiary/aromatic N) is 3. The molecule has 1 N–H and O–H groups in total. The van der Waals surface area contributed by atoms with Crippen LogP contribution in [0.4, 0.5) is 0 Å². The molecule has 0 saturated carbocycles. The predicted octanol–water partition coefficient (Wildman–Crippen LogP) is 1.70. The van der Waals surface area contributed by atoms with Gasteiger partial charge in [-0.2, -0.15) is 5.10 Å². The maximum Gasteiger partial charge on any atom is 0.216 e. The van der Waals surface area contributed by atoms with E-state index in [0.717, 1.165) is 24.7 Å². The van der Waals surface area contributed by atoms with Crippen molar-refractivity contribution < 1.29 is 4.74 Å². The topological polar surface area (TPSA) is 42.3 Å². The summed E-state index contributed by atoms with van der Waals surface area (Å²) in [6.45, 7) is 8.74. The van der Waals surface area contributed by atoms with Crippen molar-refractivity contribution in [2.24, 2.45) is 7.05 Å². The van der Waals surface area contributed by atoms with Gasteiger partial charge in [0.05, 0.1) is 18.4 Å². The van der Waals surface area contributed by atoms with Crippen molar-refractivity contribution in [3.05, 3.63) is 11.3 Å². The molecule has 20 heavy (non-hydrogen) atoms. The van der Waals surface area contributed by atoms with Crippen LogP contribution < -0.4 is 10.1 Å². The van der Waals surface area contributed by atoms with E-state index >= 15 is 0 Å². The first-order chi connectivity index (χ1) is 9.61. The van der Waals surface area contributed by atoms with E-state index in [0.29, 0.717) is 6.04 Å². The van der Waals surface area contributed by atoms with Crippen molar-refractivity contribution in [2.75, 3.05) is 26.7 Å². The fourth-order valence-corrected chi connectivity index (χ4v) is 3.01. The van der Waals surface area contributed by atoms with Gasteiger partial charge in [0.2, 0.25) is 5.88 Å². The summed E-state index contributed by atoms with van der Waals surface area (Å²) in [7, 11) is 3.63. The molecule has 1 aromatic heterocycles. The Labute approximate surface area is 122 Å². The molecule has 0 aromatic carbocycles. The van der Waals surface area contributed by atoms with Gasteiger partial charge in [-0.1, -0.05) is 6.42 Å². The van der Waals surface area contributed by atoms with Gasteiger partial charge in [0.15, 0.2) is 0 Å². The van der Waals surface area contributed by atoms with Crippen molar-refractivity contribution in [1.82, 2.24) is 20.0 Å². The van der Waals surface area contributed by atoms with E-state index in [1.165, 1.54) is 37.9 Å². The lowest BCUT2D eigenvalue weighted by atomic mass is 10.1. The molecule has 5 heteroatoms. The van der Waals surface area contributed by atoms with Crippen LogP contribution in [0, 0.1) is 6.92 Å². The van der Waals surface area contributed by atoms with Gasteiger partial charge in [-0.3, -0.25) is 0 Å². The van der Waals surface area contributed by atoms with E-state index in [9.17, 15) is 0 Å². The number of nitrogens with one attached hydrogen (secondary N) is 1. The Kier molecular flexibility index (Phi) is 5.43. The van der Waals surface area contributed by atoms with E-state index in [4.69, 9.17) is 4.74 Å². The molecule has 5 nitrogen and oxygen atoms in total. The summed E-state index contributed by atoms with van der Waals surface area (Å²) in [5, 5.41) is 8.02.